The molecule has 0 spiro atoms. The fourth-order valence-corrected chi connectivity index (χ4v) is 2.43. The number of amides is 1. The molecule has 122 valence electrons. The second-order valence-corrected chi connectivity index (χ2v) is 5.61. The largest absolute Gasteiger partial charge is 0.479 e. The number of ether oxygens (including phenoxy) is 1. The van der Waals surface area contributed by atoms with Crippen molar-refractivity contribution >= 4 is 33.8 Å². The first kappa shape index (κ1) is 19.9. The number of carboxylic acids is 1. The molecule has 0 fully saturated rings. The van der Waals surface area contributed by atoms with Crippen LogP contribution in [0.3, 0.4) is 0 Å². The van der Waals surface area contributed by atoms with Gasteiger partial charge in [0.05, 0.1) is 6.61 Å². The molecule has 21 heavy (non-hydrogen) atoms. The van der Waals surface area contributed by atoms with E-state index in [0.717, 1.165) is 31.0 Å². The molecular weight excluding hydrogens is 342 g/mol. The molecular formula is C14H24BrNO5. The number of alkyl halides is 1. The van der Waals surface area contributed by atoms with Gasteiger partial charge in [0.1, 0.15) is 0 Å². The summed E-state index contributed by atoms with van der Waals surface area (Å²) >= 11 is 3.35. The summed E-state index contributed by atoms with van der Waals surface area (Å²) in [6.45, 7) is 2.85. The van der Waals surface area contributed by atoms with E-state index >= 15 is 0 Å². The summed E-state index contributed by atoms with van der Waals surface area (Å²) in [5, 5.41) is 12.6. The van der Waals surface area contributed by atoms with Gasteiger partial charge in [0, 0.05) is 12.3 Å². The van der Waals surface area contributed by atoms with Crippen LogP contribution in [-0.4, -0.2) is 40.4 Å². The first-order chi connectivity index (χ1) is 9.90. The molecule has 0 aliphatic heterocycles. The Morgan fingerprint density at radius 1 is 1.14 bits per heavy atom. The van der Waals surface area contributed by atoms with Crippen molar-refractivity contribution in [2.24, 2.45) is 0 Å². The van der Waals surface area contributed by atoms with Crippen molar-refractivity contribution in [2.75, 3.05) is 11.9 Å². The summed E-state index contributed by atoms with van der Waals surface area (Å²) in [5.74, 6) is -2.85. The fraction of sp³-hybridized carbons (Fsp3) is 0.786. The van der Waals surface area contributed by atoms with E-state index in [1.807, 2.05) is 0 Å². The van der Waals surface area contributed by atoms with Crippen LogP contribution in [0, 0.1) is 0 Å². The summed E-state index contributed by atoms with van der Waals surface area (Å²) in [6, 6.07) is 0. The number of hydrogen-bond donors (Lipinski definition) is 2. The Labute approximate surface area is 133 Å². The second-order valence-electron chi connectivity index (χ2n) is 4.82. The number of carbonyl (C=O) groups is 3. The SMILES string of the molecule is CCOC(=O)C(CCCCCCCBr)(NC(C)=O)C(=O)O. The predicted molar refractivity (Wildman–Crippen MR) is 82.3 cm³/mol. The van der Waals surface area contributed by atoms with E-state index in [-0.39, 0.29) is 13.0 Å². The molecule has 0 saturated carbocycles. The molecule has 0 aliphatic carbocycles. The molecule has 0 saturated heterocycles. The van der Waals surface area contributed by atoms with Gasteiger partial charge in [-0.2, -0.15) is 0 Å². The molecule has 0 bridgehead atoms. The lowest BCUT2D eigenvalue weighted by atomic mass is 9.91. The number of rotatable bonds is 11. The van der Waals surface area contributed by atoms with E-state index in [9.17, 15) is 19.5 Å². The first-order valence-corrected chi connectivity index (χ1v) is 8.28. The maximum atomic E-state index is 12.0. The lowest BCUT2D eigenvalue weighted by molar-refractivity contribution is -0.165. The zero-order valence-corrected chi connectivity index (χ0v) is 14.2. The third-order valence-corrected chi connectivity index (χ3v) is 3.62. The number of carbonyl (C=O) groups excluding carboxylic acids is 2. The van der Waals surface area contributed by atoms with Crippen molar-refractivity contribution in [3.8, 4) is 0 Å². The van der Waals surface area contributed by atoms with E-state index < -0.39 is 23.4 Å². The van der Waals surface area contributed by atoms with E-state index in [1.165, 1.54) is 6.92 Å². The van der Waals surface area contributed by atoms with Gasteiger partial charge >= 0.3 is 11.9 Å². The molecule has 0 radical (unpaired) electrons. The number of halogens is 1. The van der Waals surface area contributed by atoms with Crippen molar-refractivity contribution in [1.29, 1.82) is 0 Å². The van der Waals surface area contributed by atoms with Gasteiger partial charge < -0.3 is 15.2 Å². The number of nitrogens with one attached hydrogen (secondary N) is 1. The molecule has 1 atom stereocenters. The molecule has 2 N–H and O–H groups in total. The van der Waals surface area contributed by atoms with E-state index in [2.05, 4.69) is 21.2 Å². The van der Waals surface area contributed by atoms with Crippen LogP contribution in [0.2, 0.25) is 0 Å². The van der Waals surface area contributed by atoms with Gasteiger partial charge in [0.15, 0.2) is 0 Å². The topological polar surface area (TPSA) is 92.7 Å². The summed E-state index contributed by atoms with van der Waals surface area (Å²) in [6.07, 6.45) is 4.45. The van der Waals surface area contributed by atoms with Crippen LogP contribution in [-0.2, 0) is 19.1 Å². The second kappa shape index (κ2) is 10.6. The third-order valence-electron chi connectivity index (χ3n) is 3.06. The van der Waals surface area contributed by atoms with Crippen molar-refractivity contribution < 1.29 is 24.2 Å². The van der Waals surface area contributed by atoms with Crippen molar-refractivity contribution in [3.63, 3.8) is 0 Å². The van der Waals surface area contributed by atoms with Crippen molar-refractivity contribution in [3.05, 3.63) is 0 Å². The van der Waals surface area contributed by atoms with Gasteiger partial charge in [-0.15, -0.1) is 0 Å². The van der Waals surface area contributed by atoms with Crippen LogP contribution >= 0.6 is 15.9 Å². The normalized spacial score (nSPS) is 13.3. The van der Waals surface area contributed by atoms with Gasteiger partial charge in [0.2, 0.25) is 11.4 Å². The van der Waals surface area contributed by atoms with Crippen LogP contribution in [0.15, 0.2) is 0 Å². The van der Waals surface area contributed by atoms with E-state index in [0.29, 0.717) is 6.42 Å². The van der Waals surface area contributed by atoms with E-state index in [4.69, 9.17) is 4.74 Å². The van der Waals surface area contributed by atoms with Crippen LogP contribution in [0.25, 0.3) is 0 Å². The lowest BCUT2D eigenvalue weighted by Gasteiger charge is -2.27. The molecule has 7 heteroatoms. The van der Waals surface area contributed by atoms with Crippen LogP contribution < -0.4 is 5.32 Å². The number of unbranched alkanes of at least 4 members (excludes halogenated alkanes) is 4. The Bertz CT molecular complexity index is 361. The average molecular weight is 366 g/mol. The molecule has 0 aliphatic rings. The lowest BCUT2D eigenvalue weighted by Crippen LogP contribution is -2.60. The number of esters is 1. The highest BCUT2D eigenvalue weighted by molar-refractivity contribution is 9.09. The first-order valence-electron chi connectivity index (χ1n) is 7.16. The van der Waals surface area contributed by atoms with Gasteiger partial charge in [-0.1, -0.05) is 35.2 Å². The Balaban J connectivity index is 4.73. The zero-order valence-electron chi connectivity index (χ0n) is 12.6. The quantitative estimate of drug-likeness (QED) is 0.253. The Kier molecular flexibility index (Phi) is 10.0. The smallest absolute Gasteiger partial charge is 0.343 e. The summed E-state index contributed by atoms with van der Waals surface area (Å²) in [5.41, 5.74) is -1.97. The molecule has 0 aromatic heterocycles. The highest BCUT2D eigenvalue weighted by Gasteiger charge is 2.48. The minimum absolute atomic E-state index is 0.0368. The van der Waals surface area contributed by atoms with Crippen LogP contribution in [0.1, 0.15) is 52.4 Å². The molecule has 0 aromatic rings. The Hall–Kier alpha value is -1.11. The van der Waals surface area contributed by atoms with Crippen molar-refractivity contribution in [2.45, 2.75) is 57.9 Å². The molecule has 0 aromatic carbocycles. The van der Waals surface area contributed by atoms with Gasteiger partial charge in [0.25, 0.3) is 0 Å². The minimum Gasteiger partial charge on any atom is -0.479 e. The van der Waals surface area contributed by atoms with Gasteiger partial charge in [-0.05, 0) is 26.2 Å². The number of hydrogen-bond acceptors (Lipinski definition) is 4. The van der Waals surface area contributed by atoms with Crippen LogP contribution in [0.4, 0.5) is 0 Å². The molecule has 0 heterocycles. The van der Waals surface area contributed by atoms with Gasteiger partial charge in [-0.25, -0.2) is 9.59 Å². The fourth-order valence-electron chi connectivity index (χ4n) is 2.03. The Morgan fingerprint density at radius 3 is 2.19 bits per heavy atom. The maximum Gasteiger partial charge on any atom is 0.343 e. The highest BCUT2D eigenvalue weighted by Crippen LogP contribution is 2.19. The van der Waals surface area contributed by atoms with E-state index in [1.54, 1.807) is 6.92 Å². The number of aliphatic carboxylic acids is 1. The Morgan fingerprint density at radius 2 is 1.71 bits per heavy atom. The molecule has 0 rings (SSSR count). The molecule has 6 nitrogen and oxygen atoms in total. The summed E-state index contributed by atoms with van der Waals surface area (Å²) in [4.78, 5) is 34.8. The highest BCUT2D eigenvalue weighted by atomic mass is 79.9. The standard InChI is InChI=1S/C14H24BrNO5/c1-3-21-13(20)14(12(18)19,16-11(2)17)9-7-5-4-6-8-10-15/h3-10H2,1-2H3,(H,16,17)(H,18,19). The summed E-state index contributed by atoms with van der Waals surface area (Å²) < 4.78 is 4.82. The van der Waals surface area contributed by atoms with Crippen LogP contribution in [0.5, 0.6) is 0 Å². The number of carboxylic acid groups (broad SMARTS) is 1. The van der Waals surface area contributed by atoms with Gasteiger partial charge in [-0.3, -0.25) is 4.79 Å². The monoisotopic (exact) mass is 365 g/mol. The predicted octanol–water partition coefficient (Wildman–Crippen LogP) is 2.24. The maximum absolute atomic E-state index is 12.0. The molecule has 1 amide bonds. The molecule has 1 unspecified atom stereocenters. The zero-order chi connectivity index (χ0) is 16.3. The van der Waals surface area contributed by atoms with Crippen molar-refractivity contribution in [1.82, 2.24) is 5.32 Å². The minimum atomic E-state index is -1.97. The third kappa shape index (κ3) is 6.93. The summed E-state index contributed by atoms with van der Waals surface area (Å²) in [7, 11) is 0. The average Bonchev–Trinajstić information content (AvgIpc) is 2.40.